The predicted octanol–water partition coefficient (Wildman–Crippen LogP) is 3.27. The van der Waals surface area contributed by atoms with E-state index in [1.807, 2.05) is 60.7 Å². The van der Waals surface area contributed by atoms with Crippen LogP contribution in [-0.2, 0) is 23.4 Å². The van der Waals surface area contributed by atoms with Crippen molar-refractivity contribution in [3.63, 3.8) is 0 Å². The van der Waals surface area contributed by atoms with E-state index >= 15 is 0 Å². The van der Waals surface area contributed by atoms with E-state index in [4.69, 9.17) is 0 Å². The van der Waals surface area contributed by atoms with Crippen molar-refractivity contribution in [1.29, 1.82) is 0 Å². The first-order chi connectivity index (χ1) is 13.6. The van der Waals surface area contributed by atoms with Crippen LogP contribution in [0.25, 0.3) is 0 Å². The third kappa shape index (κ3) is 5.82. The summed E-state index contributed by atoms with van der Waals surface area (Å²) in [6.45, 7) is 2.31. The Labute approximate surface area is 168 Å². The molecule has 3 aromatic rings. The molecule has 5 nitrogen and oxygen atoms in total. The van der Waals surface area contributed by atoms with Crippen LogP contribution in [0.1, 0.15) is 22.4 Å². The molecule has 0 radical (unpaired) electrons. The highest BCUT2D eigenvalue weighted by atomic mass is 32.2. The molecule has 1 heterocycles. The summed E-state index contributed by atoms with van der Waals surface area (Å²) in [5.41, 5.74) is 3.09. The largest absolute Gasteiger partial charge is 0.355 e. The minimum atomic E-state index is -0.249. The number of rotatable bonds is 8. The van der Waals surface area contributed by atoms with Crippen LogP contribution in [0.4, 0.5) is 0 Å². The van der Waals surface area contributed by atoms with E-state index in [1.165, 1.54) is 17.3 Å². The zero-order chi connectivity index (χ0) is 19.8. The lowest BCUT2D eigenvalue weighted by atomic mass is 10.1. The summed E-state index contributed by atoms with van der Waals surface area (Å²) in [5, 5.41) is 3.44. The Morgan fingerprint density at radius 1 is 1.04 bits per heavy atom. The Balaban J connectivity index is 1.55. The Hall–Kier alpha value is -2.86. The van der Waals surface area contributed by atoms with Crippen molar-refractivity contribution in [3.05, 3.63) is 93.4 Å². The fourth-order valence-corrected chi connectivity index (χ4v) is 3.66. The smallest absolute Gasteiger partial charge is 0.255 e. The van der Waals surface area contributed by atoms with Gasteiger partial charge < -0.3 is 10.3 Å². The Bertz CT molecular complexity index is 972. The van der Waals surface area contributed by atoms with Crippen LogP contribution in [0.2, 0.25) is 0 Å². The maximum absolute atomic E-state index is 12.4. The van der Waals surface area contributed by atoms with Gasteiger partial charge in [0, 0.05) is 23.6 Å². The lowest BCUT2D eigenvalue weighted by Gasteiger charge is -2.08. The third-order valence-corrected chi connectivity index (χ3v) is 5.28. The Morgan fingerprint density at radius 3 is 2.32 bits per heavy atom. The molecule has 0 aliphatic carbocycles. The molecule has 6 heteroatoms. The summed E-state index contributed by atoms with van der Waals surface area (Å²) in [6.07, 6.45) is 0.793. The standard InChI is InChI=1S/C22H23N3O2S/c1-16-19(14-20(26)23-13-12-17-8-4-2-5-9-17)21(27)25-22(24-16)28-15-18-10-6-3-7-11-18/h2-11H,12-15H2,1H3,(H,23,26)(H,24,25,27). The second kappa shape index (κ2) is 9.90. The second-order valence-electron chi connectivity index (χ2n) is 6.47. The number of hydrogen-bond donors (Lipinski definition) is 2. The minimum Gasteiger partial charge on any atom is -0.355 e. The molecule has 0 saturated carbocycles. The molecule has 0 aliphatic heterocycles. The zero-order valence-electron chi connectivity index (χ0n) is 15.8. The minimum absolute atomic E-state index is 0.0343. The van der Waals surface area contributed by atoms with E-state index in [2.05, 4.69) is 15.3 Å². The first-order valence-electron chi connectivity index (χ1n) is 9.19. The van der Waals surface area contributed by atoms with E-state index in [0.29, 0.717) is 23.0 Å². The summed E-state index contributed by atoms with van der Waals surface area (Å²) in [5.74, 6) is 0.554. The van der Waals surface area contributed by atoms with Gasteiger partial charge in [-0.3, -0.25) is 9.59 Å². The predicted molar refractivity (Wildman–Crippen MR) is 112 cm³/mol. The van der Waals surface area contributed by atoms with Gasteiger partial charge in [-0.2, -0.15) is 0 Å². The highest BCUT2D eigenvalue weighted by Gasteiger charge is 2.13. The molecule has 0 bridgehead atoms. The van der Waals surface area contributed by atoms with Gasteiger partial charge in [0.05, 0.1) is 6.42 Å². The topological polar surface area (TPSA) is 74.8 Å². The van der Waals surface area contributed by atoms with Crippen LogP contribution in [0.5, 0.6) is 0 Å². The molecule has 0 atom stereocenters. The quantitative estimate of drug-likeness (QED) is 0.455. The number of amides is 1. The van der Waals surface area contributed by atoms with Gasteiger partial charge >= 0.3 is 0 Å². The number of thioether (sulfide) groups is 1. The van der Waals surface area contributed by atoms with Crippen LogP contribution < -0.4 is 10.9 Å². The van der Waals surface area contributed by atoms with Gasteiger partial charge in [0.15, 0.2) is 5.16 Å². The van der Waals surface area contributed by atoms with E-state index in [-0.39, 0.29) is 17.9 Å². The number of carbonyl (C=O) groups is 1. The number of aromatic amines is 1. The monoisotopic (exact) mass is 393 g/mol. The number of H-pyrrole nitrogens is 1. The van der Waals surface area contributed by atoms with Gasteiger partial charge in [0.25, 0.3) is 5.56 Å². The molecule has 3 rings (SSSR count). The fourth-order valence-electron chi connectivity index (χ4n) is 2.80. The van der Waals surface area contributed by atoms with Gasteiger partial charge in [-0.1, -0.05) is 72.4 Å². The van der Waals surface area contributed by atoms with Crippen molar-refractivity contribution >= 4 is 17.7 Å². The number of carbonyl (C=O) groups excluding carboxylic acids is 1. The molecule has 0 fully saturated rings. The molecule has 0 saturated heterocycles. The second-order valence-corrected chi connectivity index (χ2v) is 7.44. The van der Waals surface area contributed by atoms with Crippen LogP contribution in [0.3, 0.4) is 0 Å². The van der Waals surface area contributed by atoms with Crippen LogP contribution in [0.15, 0.2) is 70.6 Å². The van der Waals surface area contributed by atoms with E-state index < -0.39 is 0 Å². The molecule has 1 aromatic heterocycles. The van der Waals surface area contributed by atoms with Gasteiger partial charge in [0.2, 0.25) is 5.91 Å². The van der Waals surface area contributed by atoms with Gasteiger partial charge in [-0.25, -0.2) is 4.98 Å². The molecule has 2 aromatic carbocycles. The molecular formula is C22H23N3O2S. The third-order valence-electron chi connectivity index (χ3n) is 4.33. The highest BCUT2D eigenvalue weighted by Crippen LogP contribution is 2.18. The highest BCUT2D eigenvalue weighted by molar-refractivity contribution is 7.98. The van der Waals surface area contributed by atoms with Crippen molar-refractivity contribution in [2.75, 3.05) is 6.54 Å². The number of nitrogens with zero attached hydrogens (tertiary/aromatic N) is 1. The van der Waals surface area contributed by atoms with E-state index in [0.717, 1.165) is 17.7 Å². The number of aromatic nitrogens is 2. The SMILES string of the molecule is Cc1nc(SCc2ccccc2)[nH]c(=O)c1CC(=O)NCCc1ccccc1. The van der Waals surface area contributed by atoms with Crippen LogP contribution in [0, 0.1) is 6.92 Å². The fraction of sp³-hybridized carbons (Fsp3) is 0.227. The Kier molecular flexibility index (Phi) is 7.03. The van der Waals surface area contributed by atoms with Crippen LogP contribution in [-0.4, -0.2) is 22.4 Å². The summed E-state index contributed by atoms with van der Waals surface area (Å²) in [6, 6.07) is 20.0. The van der Waals surface area contributed by atoms with Crippen molar-refractivity contribution < 1.29 is 4.79 Å². The average molecular weight is 394 g/mol. The zero-order valence-corrected chi connectivity index (χ0v) is 16.6. The van der Waals surface area contributed by atoms with E-state index in [1.54, 1.807) is 6.92 Å². The van der Waals surface area contributed by atoms with Gasteiger partial charge in [-0.05, 0) is 24.5 Å². The van der Waals surface area contributed by atoms with E-state index in [9.17, 15) is 9.59 Å². The molecule has 28 heavy (non-hydrogen) atoms. The molecule has 0 spiro atoms. The summed E-state index contributed by atoms with van der Waals surface area (Å²) in [7, 11) is 0. The number of aryl methyl sites for hydroxylation is 1. The normalized spacial score (nSPS) is 10.6. The number of benzene rings is 2. The molecule has 144 valence electrons. The summed E-state index contributed by atoms with van der Waals surface area (Å²) < 4.78 is 0. The van der Waals surface area contributed by atoms with Gasteiger partial charge in [0.1, 0.15) is 0 Å². The van der Waals surface area contributed by atoms with Crippen molar-refractivity contribution in [2.24, 2.45) is 0 Å². The molecule has 1 amide bonds. The average Bonchev–Trinajstić information content (AvgIpc) is 2.71. The summed E-state index contributed by atoms with van der Waals surface area (Å²) in [4.78, 5) is 31.9. The molecule has 0 unspecified atom stereocenters. The number of nitrogens with one attached hydrogen (secondary N) is 2. The maximum atomic E-state index is 12.4. The van der Waals surface area contributed by atoms with Gasteiger partial charge in [-0.15, -0.1) is 0 Å². The van der Waals surface area contributed by atoms with Crippen molar-refractivity contribution in [2.45, 2.75) is 30.7 Å². The molecule has 0 aliphatic rings. The lowest BCUT2D eigenvalue weighted by Crippen LogP contribution is -2.30. The number of hydrogen-bond acceptors (Lipinski definition) is 4. The summed E-state index contributed by atoms with van der Waals surface area (Å²) >= 11 is 1.47. The Morgan fingerprint density at radius 2 is 1.68 bits per heavy atom. The molecular weight excluding hydrogens is 370 g/mol. The maximum Gasteiger partial charge on any atom is 0.255 e. The van der Waals surface area contributed by atoms with Crippen molar-refractivity contribution in [3.8, 4) is 0 Å². The first-order valence-corrected chi connectivity index (χ1v) is 10.2. The first kappa shape index (κ1) is 19.9. The van der Waals surface area contributed by atoms with Crippen LogP contribution >= 0.6 is 11.8 Å². The lowest BCUT2D eigenvalue weighted by molar-refractivity contribution is -0.120. The molecule has 2 N–H and O–H groups in total. The van der Waals surface area contributed by atoms with Crippen molar-refractivity contribution in [1.82, 2.24) is 15.3 Å².